The van der Waals surface area contributed by atoms with E-state index >= 15 is 0 Å². The maximum absolute atomic E-state index is 11.5. The number of rotatable bonds is 2. The van der Waals surface area contributed by atoms with E-state index in [0.29, 0.717) is 21.7 Å². The van der Waals surface area contributed by atoms with E-state index in [9.17, 15) is 9.59 Å². The predicted octanol–water partition coefficient (Wildman–Crippen LogP) is 2.13. The van der Waals surface area contributed by atoms with Crippen LogP contribution in [0.25, 0.3) is 0 Å². The van der Waals surface area contributed by atoms with Crippen LogP contribution in [-0.4, -0.2) is 31.1 Å². The van der Waals surface area contributed by atoms with Crippen molar-refractivity contribution in [3.63, 3.8) is 0 Å². The van der Waals surface area contributed by atoms with Gasteiger partial charge in [-0.3, -0.25) is 0 Å². The van der Waals surface area contributed by atoms with E-state index in [1.165, 1.54) is 0 Å². The Balaban J connectivity index is 2.79. The van der Waals surface area contributed by atoms with Gasteiger partial charge in [-0.25, -0.2) is 0 Å². The van der Waals surface area contributed by atoms with Crippen molar-refractivity contribution in [2.45, 2.75) is 48.4 Å². The van der Waals surface area contributed by atoms with Crippen molar-refractivity contribution in [1.82, 2.24) is 0 Å². The molecule has 0 aromatic carbocycles. The van der Waals surface area contributed by atoms with Crippen LogP contribution in [0.5, 0.6) is 0 Å². The van der Waals surface area contributed by atoms with E-state index in [2.05, 4.69) is 0 Å². The van der Waals surface area contributed by atoms with E-state index < -0.39 is 19.2 Å². The van der Waals surface area contributed by atoms with Crippen LogP contribution in [0.1, 0.15) is 39.5 Å². The summed E-state index contributed by atoms with van der Waals surface area (Å²) >= 11 is -3.36. The average Bonchev–Trinajstić information content (AvgIpc) is 2.29. The molecule has 86 valence electrons. The molecule has 0 N–H and O–H groups in total. The summed E-state index contributed by atoms with van der Waals surface area (Å²) in [7, 11) is 0. The van der Waals surface area contributed by atoms with Gasteiger partial charge in [0, 0.05) is 0 Å². The average molecular weight is 321 g/mol. The quantitative estimate of drug-likeness (QED) is 0.731. The summed E-state index contributed by atoms with van der Waals surface area (Å²) < 4.78 is 12.3. The molecule has 0 saturated carbocycles. The van der Waals surface area contributed by atoms with Crippen molar-refractivity contribution < 1.29 is 15.7 Å². The molecule has 0 unspecified atom stereocenters. The zero-order valence-corrected chi connectivity index (χ0v) is 12.2. The summed E-state index contributed by atoms with van der Waals surface area (Å²) in [4.78, 5) is 22.9. The van der Waals surface area contributed by atoms with Crippen molar-refractivity contribution in [3.05, 3.63) is 0 Å². The van der Waals surface area contributed by atoms with Gasteiger partial charge in [0.15, 0.2) is 0 Å². The Hall–Kier alpha value is -0.261. The zero-order valence-electron chi connectivity index (χ0n) is 9.38. The first-order valence-electron chi connectivity index (χ1n) is 5.55. The summed E-state index contributed by atoms with van der Waals surface area (Å²) in [6, 6.07) is 0. The van der Waals surface area contributed by atoms with Gasteiger partial charge < -0.3 is 0 Å². The molecule has 1 aliphatic heterocycles. The van der Waals surface area contributed by atoms with E-state index in [0.717, 1.165) is 12.8 Å². The predicted molar refractivity (Wildman–Crippen MR) is 57.4 cm³/mol. The maximum atomic E-state index is 11.5. The third kappa shape index (κ3) is 3.66. The van der Waals surface area contributed by atoms with E-state index in [-0.39, 0.29) is 11.9 Å². The van der Waals surface area contributed by atoms with Gasteiger partial charge in [-0.15, -0.1) is 0 Å². The fraction of sp³-hybridized carbons (Fsp3) is 0.800. The second kappa shape index (κ2) is 5.72. The van der Waals surface area contributed by atoms with Gasteiger partial charge in [-0.2, -0.15) is 0 Å². The first-order valence-corrected chi connectivity index (χ1v) is 11.9. The molecule has 0 aliphatic carbocycles. The van der Waals surface area contributed by atoms with Crippen molar-refractivity contribution in [2.75, 3.05) is 0 Å². The first kappa shape index (κ1) is 12.8. The standard InChI is InChI=1S/C6H10O4.2C2H5.Sn/c7-5(8)3-1-2-4-6(9)10;2*1-2;/h1-4H2,(H,7,8)(H,9,10);2*1H2,2H3;/q;;;+2/p-2. The zero-order chi connectivity index (χ0) is 11.3. The molecule has 4 nitrogen and oxygen atoms in total. The molecular weight excluding hydrogens is 303 g/mol. The van der Waals surface area contributed by atoms with Crippen LogP contribution in [0, 0.1) is 0 Å². The normalized spacial score (nSPS) is 22.0. The summed E-state index contributed by atoms with van der Waals surface area (Å²) in [6.45, 7) is 3.88. The minimum atomic E-state index is -3.36. The van der Waals surface area contributed by atoms with Crippen LogP contribution in [0.15, 0.2) is 0 Å². The summed E-state index contributed by atoms with van der Waals surface area (Å²) in [5.41, 5.74) is 0. The number of hydrogen-bond acceptors (Lipinski definition) is 4. The fourth-order valence-corrected chi connectivity index (χ4v) is 7.76. The monoisotopic (exact) mass is 322 g/mol. The second-order valence-corrected chi connectivity index (χ2v) is 14.2. The Kier molecular flexibility index (Phi) is 4.89. The summed E-state index contributed by atoms with van der Waals surface area (Å²) in [6.07, 6.45) is 2.30. The van der Waals surface area contributed by atoms with Gasteiger partial charge in [0.05, 0.1) is 0 Å². The Morgan fingerprint density at radius 1 is 1.00 bits per heavy atom. The van der Waals surface area contributed by atoms with Crippen LogP contribution in [0.2, 0.25) is 8.87 Å². The minimum absolute atomic E-state index is 0.177. The first-order chi connectivity index (χ1) is 7.12. The molecule has 0 aromatic heterocycles. The number of carbonyl (C=O) groups excluding carboxylic acids is 2. The molecule has 0 spiro atoms. The molecule has 0 aromatic rings. The molecule has 1 rings (SSSR count). The summed E-state index contributed by atoms with van der Waals surface area (Å²) in [5, 5.41) is 0. The van der Waals surface area contributed by atoms with Crippen molar-refractivity contribution in [2.24, 2.45) is 0 Å². The van der Waals surface area contributed by atoms with Crippen molar-refractivity contribution in [3.8, 4) is 0 Å². The van der Waals surface area contributed by atoms with Gasteiger partial charge in [0.1, 0.15) is 0 Å². The van der Waals surface area contributed by atoms with Crippen LogP contribution in [0.3, 0.4) is 0 Å². The van der Waals surface area contributed by atoms with Gasteiger partial charge in [0.2, 0.25) is 0 Å². The second-order valence-electron chi connectivity index (χ2n) is 3.77. The van der Waals surface area contributed by atoms with E-state index in [1.807, 2.05) is 13.8 Å². The SMILES string of the molecule is C[CH2][Sn]1([CH2]C)[O]C(=O)CCCCC(=O)[O]1. The molecular formula is C10H18O4Sn. The molecule has 1 saturated heterocycles. The number of hydrogen-bond donors (Lipinski definition) is 0. The third-order valence-electron chi connectivity index (χ3n) is 2.69. The van der Waals surface area contributed by atoms with E-state index in [4.69, 9.17) is 6.15 Å². The van der Waals surface area contributed by atoms with Gasteiger partial charge in [0.25, 0.3) is 0 Å². The van der Waals surface area contributed by atoms with Gasteiger partial charge in [-0.05, 0) is 0 Å². The molecule has 0 radical (unpaired) electrons. The number of carbonyl (C=O) groups is 2. The Morgan fingerprint density at radius 3 is 1.73 bits per heavy atom. The molecule has 1 heterocycles. The third-order valence-corrected chi connectivity index (χ3v) is 12.3. The van der Waals surface area contributed by atoms with E-state index in [1.54, 1.807) is 0 Å². The molecule has 0 amide bonds. The Labute approximate surface area is 95.3 Å². The summed E-state index contributed by atoms with van der Waals surface area (Å²) in [5.74, 6) is -0.353. The molecule has 0 atom stereocenters. The molecule has 15 heavy (non-hydrogen) atoms. The van der Waals surface area contributed by atoms with Crippen LogP contribution < -0.4 is 0 Å². The van der Waals surface area contributed by atoms with Crippen LogP contribution in [0.4, 0.5) is 0 Å². The van der Waals surface area contributed by atoms with Crippen LogP contribution in [-0.2, 0) is 15.7 Å². The van der Waals surface area contributed by atoms with Crippen molar-refractivity contribution in [1.29, 1.82) is 0 Å². The molecule has 1 fully saturated rings. The van der Waals surface area contributed by atoms with Crippen LogP contribution >= 0.6 is 0 Å². The fourth-order valence-electron chi connectivity index (χ4n) is 1.62. The van der Waals surface area contributed by atoms with Crippen molar-refractivity contribution >= 4 is 31.1 Å². The molecule has 1 aliphatic rings. The van der Waals surface area contributed by atoms with Gasteiger partial charge >= 0.3 is 95.3 Å². The Morgan fingerprint density at radius 2 is 1.40 bits per heavy atom. The topological polar surface area (TPSA) is 52.6 Å². The molecule has 0 bridgehead atoms. The molecule has 5 heteroatoms. The Bertz CT molecular complexity index is 226. The van der Waals surface area contributed by atoms with Gasteiger partial charge in [-0.1, -0.05) is 0 Å².